The van der Waals surface area contributed by atoms with Crippen molar-refractivity contribution in [2.24, 2.45) is 0 Å². The lowest BCUT2D eigenvalue weighted by molar-refractivity contribution is 0.572. The number of anilines is 2. The average molecular weight is 391 g/mol. The van der Waals surface area contributed by atoms with Crippen molar-refractivity contribution in [3.05, 3.63) is 42.5 Å². The van der Waals surface area contributed by atoms with Crippen LogP contribution in [0.2, 0.25) is 0 Å². The van der Waals surface area contributed by atoms with E-state index < -0.39 is 0 Å². The van der Waals surface area contributed by atoms with Crippen molar-refractivity contribution < 1.29 is 0 Å². The van der Waals surface area contributed by atoms with Crippen molar-refractivity contribution in [1.29, 1.82) is 0 Å². The van der Waals surface area contributed by atoms with Crippen LogP contribution >= 0.6 is 0 Å². The molecule has 0 aromatic carbocycles. The Bertz CT molecular complexity index is 1150. The predicted octanol–water partition coefficient (Wildman–Crippen LogP) is 2.18. The van der Waals surface area contributed by atoms with Crippen LogP contribution in [0, 0.1) is 0 Å². The molecule has 0 atom stereocenters. The maximum absolute atomic E-state index is 4.83. The molecule has 0 unspecified atom stereocenters. The SMILES string of the molecule is CC(C)(C)c1cn2nc(N3CCCN(c4ccc5nncn5n4)CC3)ccc2n1. The molecule has 0 aliphatic carbocycles. The average Bonchev–Trinajstić information content (AvgIpc) is 3.27. The van der Waals surface area contributed by atoms with E-state index in [4.69, 9.17) is 10.1 Å². The highest BCUT2D eigenvalue weighted by atomic mass is 15.4. The van der Waals surface area contributed by atoms with Gasteiger partial charge in [-0.05, 0) is 30.7 Å². The van der Waals surface area contributed by atoms with Gasteiger partial charge in [-0.3, -0.25) is 0 Å². The summed E-state index contributed by atoms with van der Waals surface area (Å²) in [5, 5.41) is 17.4. The fourth-order valence-electron chi connectivity index (χ4n) is 3.66. The highest BCUT2D eigenvalue weighted by Crippen LogP contribution is 2.23. The molecule has 9 heteroatoms. The van der Waals surface area contributed by atoms with E-state index in [1.807, 2.05) is 22.8 Å². The molecule has 4 aromatic heterocycles. The monoisotopic (exact) mass is 391 g/mol. The van der Waals surface area contributed by atoms with E-state index in [0.29, 0.717) is 0 Å². The Balaban J connectivity index is 1.36. The van der Waals surface area contributed by atoms with Gasteiger partial charge in [0.25, 0.3) is 0 Å². The second-order valence-corrected chi connectivity index (χ2v) is 8.52. The smallest absolute Gasteiger partial charge is 0.177 e. The fraction of sp³-hybridized carbons (Fsp3) is 0.450. The number of rotatable bonds is 2. The molecule has 9 nitrogen and oxygen atoms in total. The lowest BCUT2D eigenvalue weighted by atomic mass is 9.93. The molecule has 1 saturated heterocycles. The minimum Gasteiger partial charge on any atom is -0.353 e. The van der Waals surface area contributed by atoms with Crippen LogP contribution in [0.1, 0.15) is 32.9 Å². The molecule has 150 valence electrons. The Morgan fingerprint density at radius 3 is 2.14 bits per heavy atom. The lowest BCUT2D eigenvalue weighted by Gasteiger charge is -2.23. The number of hydrogen-bond donors (Lipinski definition) is 0. The predicted molar refractivity (Wildman–Crippen MR) is 112 cm³/mol. The van der Waals surface area contributed by atoms with Crippen LogP contribution in [-0.2, 0) is 5.41 Å². The van der Waals surface area contributed by atoms with Crippen molar-refractivity contribution >= 4 is 22.9 Å². The Morgan fingerprint density at radius 2 is 1.45 bits per heavy atom. The summed E-state index contributed by atoms with van der Waals surface area (Å²) in [4.78, 5) is 9.37. The summed E-state index contributed by atoms with van der Waals surface area (Å²) in [7, 11) is 0. The molecule has 29 heavy (non-hydrogen) atoms. The highest BCUT2D eigenvalue weighted by molar-refractivity contribution is 5.49. The molecule has 0 spiro atoms. The van der Waals surface area contributed by atoms with Gasteiger partial charge in [0.1, 0.15) is 18.0 Å². The van der Waals surface area contributed by atoms with Crippen molar-refractivity contribution in [2.45, 2.75) is 32.6 Å². The molecule has 5 heterocycles. The van der Waals surface area contributed by atoms with Crippen molar-refractivity contribution in [1.82, 2.24) is 34.4 Å². The van der Waals surface area contributed by atoms with Gasteiger partial charge in [-0.25, -0.2) is 9.50 Å². The zero-order valence-electron chi connectivity index (χ0n) is 17.0. The first kappa shape index (κ1) is 17.8. The summed E-state index contributed by atoms with van der Waals surface area (Å²) < 4.78 is 3.62. The van der Waals surface area contributed by atoms with Crippen LogP contribution < -0.4 is 9.80 Å². The summed E-state index contributed by atoms with van der Waals surface area (Å²) >= 11 is 0. The Hall–Kier alpha value is -3.23. The van der Waals surface area contributed by atoms with Gasteiger partial charge in [0.05, 0.1) is 11.9 Å². The van der Waals surface area contributed by atoms with Gasteiger partial charge in [-0.1, -0.05) is 20.8 Å². The van der Waals surface area contributed by atoms with Crippen LogP contribution in [0.3, 0.4) is 0 Å². The molecule has 5 rings (SSSR count). The Morgan fingerprint density at radius 1 is 0.793 bits per heavy atom. The summed E-state index contributed by atoms with van der Waals surface area (Å²) in [6.07, 6.45) is 4.72. The fourth-order valence-corrected chi connectivity index (χ4v) is 3.66. The van der Waals surface area contributed by atoms with Gasteiger partial charge in [0, 0.05) is 31.6 Å². The third-order valence-corrected chi connectivity index (χ3v) is 5.37. The van der Waals surface area contributed by atoms with Gasteiger partial charge >= 0.3 is 0 Å². The van der Waals surface area contributed by atoms with E-state index in [0.717, 1.165) is 61.2 Å². The molecule has 4 aromatic rings. The highest BCUT2D eigenvalue weighted by Gasteiger charge is 2.20. The minimum absolute atomic E-state index is 0.00975. The summed E-state index contributed by atoms with van der Waals surface area (Å²) in [5.41, 5.74) is 2.72. The third-order valence-electron chi connectivity index (χ3n) is 5.37. The normalized spacial score (nSPS) is 16.0. The van der Waals surface area contributed by atoms with Gasteiger partial charge in [0.2, 0.25) is 0 Å². The lowest BCUT2D eigenvalue weighted by Crippen LogP contribution is -2.32. The quantitative estimate of drug-likeness (QED) is 0.518. The molecule has 0 saturated carbocycles. The van der Waals surface area contributed by atoms with E-state index >= 15 is 0 Å². The summed E-state index contributed by atoms with van der Waals surface area (Å²) in [6.45, 7) is 10.2. The van der Waals surface area contributed by atoms with Crippen LogP contribution in [0.5, 0.6) is 0 Å². The van der Waals surface area contributed by atoms with E-state index in [1.165, 1.54) is 0 Å². The maximum atomic E-state index is 4.83. The van der Waals surface area contributed by atoms with E-state index in [1.54, 1.807) is 10.8 Å². The third kappa shape index (κ3) is 3.37. The van der Waals surface area contributed by atoms with Crippen molar-refractivity contribution in [2.75, 3.05) is 36.0 Å². The van der Waals surface area contributed by atoms with Crippen LogP contribution in [0.4, 0.5) is 11.6 Å². The van der Waals surface area contributed by atoms with Gasteiger partial charge in [-0.2, -0.15) is 4.52 Å². The topological polar surface area (TPSA) is 79.8 Å². The van der Waals surface area contributed by atoms with Crippen LogP contribution in [0.25, 0.3) is 11.3 Å². The number of hydrogen-bond acceptors (Lipinski definition) is 7. The molecule has 0 N–H and O–H groups in total. The number of fused-ring (bicyclic) bond motifs is 2. The van der Waals surface area contributed by atoms with Gasteiger partial charge in [0.15, 0.2) is 11.3 Å². The summed E-state index contributed by atoms with van der Waals surface area (Å²) in [6, 6.07) is 8.11. The van der Waals surface area contributed by atoms with E-state index in [-0.39, 0.29) is 5.41 Å². The largest absolute Gasteiger partial charge is 0.353 e. The number of aromatic nitrogens is 7. The first-order valence-corrected chi connectivity index (χ1v) is 10.0. The summed E-state index contributed by atoms with van der Waals surface area (Å²) in [5.74, 6) is 1.94. The standard InChI is InChI=1S/C20H25N9/c1-20(2,3)15-13-28-16(22-15)5-7-18(24-28)26-9-4-10-27(12-11-26)19-8-6-17-23-21-14-29(17)25-19/h5-8,13-14H,4,9-12H2,1-3H3. The molecule has 0 bridgehead atoms. The zero-order chi connectivity index (χ0) is 20.0. The van der Waals surface area contributed by atoms with E-state index in [2.05, 4.69) is 58.0 Å². The second kappa shape index (κ2) is 6.68. The number of imidazole rings is 1. The molecule has 0 amide bonds. The molecule has 0 radical (unpaired) electrons. The Kier molecular flexibility index (Phi) is 4.11. The van der Waals surface area contributed by atoms with E-state index in [9.17, 15) is 0 Å². The van der Waals surface area contributed by atoms with Gasteiger partial charge in [-0.15, -0.1) is 20.4 Å². The first-order valence-electron chi connectivity index (χ1n) is 10.0. The molecule has 1 fully saturated rings. The molecular weight excluding hydrogens is 366 g/mol. The van der Waals surface area contributed by atoms with Crippen molar-refractivity contribution in [3.8, 4) is 0 Å². The molecule has 1 aliphatic rings. The van der Waals surface area contributed by atoms with Crippen LogP contribution in [0.15, 0.2) is 36.8 Å². The zero-order valence-corrected chi connectivity index (χ0v) is 17.0. The molecule has 1 aliphatic heterocycles. The van der Waals surface area contributed by atoms with Gasteiger partial charge < -0.3 is 9.80 Å². The minimum atomic E-state index is 0.00975. The number of nitrogens with zero attached hydrogens (tertiary/aromatic N) is 9. The molecular formula is C20H25N9. The van der Waals surface area contributed by atoms with Crippen LogP contribution in [-0.4, -0.2) is 60.6 Å². The maximum Gasteiger partial charge on any atom is 0.177 e. The second-order valence-electron chi connectivity index (χ2n) is 8.52. The first-order chi connectivity index (χ1) is 14.0. The Labute approximate surface area is 169 Å². The van der Waals surface area contributed by atoms with Crippen molar-refractivity contribution in [3.63, 3.8) is 0 Å².